The van der Waals surface area contributed by atoms with Crippen LogP contribution in [0, 0.1) is 6.92 Å². The van der Waals surface area contributed by atoms with Crippen molar-refractivity contribution >= 4 is 5.82 Å². The topological polar surface area (TPSA) is 85.4 Å². The van der Waals surface area contributed by atoms with Crippen molar-refractivity contribution in [3.05, 3.63) is 66.6 Å². The van der Waals surface area contributed by atoms with E-state index in [4.69, 9.17) is 5.73 Å². The molecule has 0 spiro atoms. The Labute approximate surface area is 139 Å². The molecule has 0 amide bonds. The lowest BCUT2D eigenvalue weighted by Gasteiger charge is -2.10. The van der Waals surface area contributed by atoms with E-state index in [-0.39, 0.29) is 0 Å². The van der Waals surface area contributed by atoms with Gasteiger partial charge in [0, 0.05) is 11.1 Å². The summed E-state index contributed by atoms with van der Waals surface area (Å²) in [7, 11) is 0. The maximum Gasteiger partial charge on any atom is 0.155 e. The first kappa shape index (κ1) is 14.2. The van der Waals surface area contributed by atoms with Crippen LogP contribution in [0.1, 0.15) is 5.56 Å². The van der Waals surface area contributed by atoms with E-state index in [1.807, 2.05) is 55.5 Å². The average molecular weight is 316 g/mol. The Hall–Kier alpha value is -3.41. The molecule has 0 aliphatic rings. The number of anilines is 1. The minimum absolute atomic E-state index is 0.610. The molecule has 0 aliphatic carbocycles. The van der Waals surface area contributed by atoms with E-state index in [0.29, 0.717) is 11.6 Å². The highest BCUT2D eigenvalue weighted by molar-refractivity contribution is 5.75. The summed E-state index contributed by atoms with van der Waals surface area (Å²) in [5, 5.41) is 11.3. The Kier molecular flexibility index (Phi) is 3.35. The van der Waals surface area contributed by atoms with E-state index >= 15 is 0 Å². The molecular formula is C18H16N6. The summed E-state index contributed by atoms with van der Waals surface area (Å²) < 4.78 is 1.76. The van der Waals surface area contributed by atoms with Crippen molar-refractivity contribution in [1.82, 2.24) is 25.0 Å². The van der Waals surface area contributed by atoms with Crippen molar-refractivity contribution in [2.45, 2.75) is 6.92 Å². The maximum absolute atomic E-state index is 6.37. The van der Waals surface area contributed by atoms with Crippen molar-refractivity contribution in [3.8, 4) is 28.2 Å². The van der Waals surface area contributed by atoms with Crippen LogP contribution in [0.5, 0.6) is 0 Å². The van der Waals surface area contributed by atoms with Gasteiger partial charge in [0.15, 0.2) is 5.82 Å². The van der Waals surface area contributed by atoms with E-state index in [1.54, 1.807) is 10.9 Å². The molecule has 0 bridgehead atoms. The number of benzene rings is 2. The van der Waals surface area contributed by atoms with Crippen LogP contribution in [0.25, 0.3) is 28.2 Å². The first-order valence-corrected chi connectivity index (χ1v) is 7.60. The minimum atomic E-state index is 0.610. The van der Waals surface area contributed by atoms with Gasteiger partial charge in [-0.2, -0.15) is 10.2 Å². The van der Waals surface area contributed by atoms with Crippen LogP contribution in [-0.2, 0) is 0 Å². The number of nitrogens with zero attached hydrogens (tertiary/aromatic N) is 4. The molecular weight excluding hydrogens is 300 g/mol. The van der Waals surface area contributed by atoms with Crippen LogP contribution in [0.4, 0.5) is 5.82 Å². The number of H-pyrrole nitrogens is 1. The number of aromatic nitrogens is 5. The van der Waals surface area contributed by atoms with Gasteiger partial charge < -0.3 is 5.73 Å². The smallest absolute Gasteiger partial charge is 0.155 e. The van der Waals surface area contributed by atoms with Crippen molar-refractivity contribution < 1.29 is 0 Å². The molecule has 0 fully saturated rings. The largest absolute Gasteiger partial charge is 0.383 e. The highest BCUT2D eigenvalue weighted by atomic mass is 15.3. The molecule has 0 atom stereocenters. The number of hydrogen-bond donors (Lipinski definition) is 2. The molecule has 0 radical (unpaired) electrons. The zero-order valence-corrected chi connectivity index (χ0v) is 13.1. The second-order valence-corrected chi connectivity index (χ2v) is 5.56. The van der Waals surface area contributed by atoms with Crippen LogP contribution in [0.3, 0.4) is 0 Å². The van der Waals surface area contributed by atoms with Gasteiger partial charge in [0.05, 0.1) is 11.9 Å². The predicted octanol–water partition coefficient (Wildman–Crippen LogP) is 3.22. The normalized spacial score (nSPS) is 10.9. The lowest BCUT2D eigenvalue weighted by molar-refractivity contribution is 0.883. The standard InChI is InChI=1S/C18H16N6/c1-12-7-8-14(18-20-11-21-23-18)9-16(12)24-17(19)15(10-22-24)13-5-3-2-4-6-13/h2-11H,19H2,1H3,(H,20,21,23). The van der Waals surface area contributed by atoms with E-state index in [2.05, 4.69) is 20.3 Å². The number of hydrogen-bond acceptors (Lipinski definition) is 4. The fourth-order valence-corrected chi connectivity index (χ4v) is 2.72. The number of aromatic amines is 1. The van der Waals surface area contributed by atoms with Crippen LogP contribution in [-0.4, -0.2) is 25.0 Å². The summed E-state index contributed by atoms with van der Waals surface area (Å²) in [5.74, 6) is 1.32. The molecule has 0 unspecified atom stereocenters. The molecule has 2 aromatic carbocycles. The summed E-state index contributed by atoms with van der Waals surface area (Å²) >= 11 is 0. The van der Waals surface area contributed by atoms with Crippen LogP contribution < -0.4 is 5.73 Å². The van der Waals surface area contributed by atoms with Gasteiger partial charge in [-0.3, -0.25) is 5.10 Å². The lowest BCUT2D eigenvalue weighted by atomic mass is 10.1. The van der Waals surface area contributed by atoms with Gasteiger partial charge in [0.25, 0.3) is 0 Å². The quantitative estimate of drug-likeness (QED) is 0.607. The number of nitrogens with two attached hydrogens (primary N) is 1. The third kappa shape index (κ3) is 2.34. The van der Waals surface area contributed by atoms with Crippen molar-refractivity contribution in [2.24, 2.45) is 0 Å². The molecule has 6 nitrogen and oxygen atoms in total. The second-order valence-electron chi connectivity index (χ2n) is 5.56. The van der Waals surface area contributed by atoms with E-state index in [0.717, 1.165) is 27.9 Å². The molecule has 2 heterocycles. The Balaban J connectivity index is 1.83. The Morgan fingerprint density at radius 2 is 1.88 bits per heavy atom. The SMILES string of the molecule is Cc1ccc(-c2ncn[nH]2)cc1-n1ncc(-c2ccccc2)c1N. The van der Waals surface area contributed by atoms with Crippen LogP contribution >= 0.6 is 0 Å². The maximum atomic E-state index is 6.37. The highest BCUT2D eigenvalue weighted by Gasteiger charge is 2.13. The summed E-state index contributed by atoms with van der Waals surface area (Å²) in [6.45, 7) is 2.03. The number of nitrogens with one attached hydrogen (secondary N) is 1. The highest BCUT2D eigenvalue weighted by Crippen LogP contribution is 2.29. The number of aryl methyl sites for hydroxylation is 1. The third-order valence-electron chi connectivity index (χ3n) is 4.02. The lowest BCUT2D eigenvalue weighted by Crippen LogP contribution is -2.04. The third-order valence-corrected chi connectivity index (χ3v) is 4.02. The fourth-order valence-electron chi connectivity index (χ4n) is 2.72. The van der Waals surface area contributed by atoms with Crippen molar-refractivity contribution in [2.75, 3.05) is 5.73 Å². The molecule has 0 saturated heterocycles. The predicted molar refractivity (Wildman–Crippen MR) is 93.5 cm³/mol. The van der Waals surface area contributed by atoms with Gasteiger partial charge in [-0.25, -0.2) is 9.67 Å². The molecule has 0 saturated carbocycles. The van der Waals surface area contributed by atoms with E-state index in [1.165, 1.54) is 6.33 Å². The molecule has 4 aromatic rings. The van der Waals surface area contributed by atoms with Crippen molar-refractivity contribution in [3.63, 3.8) is 0 Å². The van der Waals surface area contributed by atoms with Gasteiger partial charge in [-0.05, 0) is 24.1 Å². The monoisotopic (exact) mass is 316 g/mol. The van der Waals surface area contributed by atoms with Gasteiger partial charge >= 0.3 is 0 Å². The Morgan fingerprint density at radius 3 is 2.62 bits per heavy atom. The van der Waals surface area contributed by atoms with Gasteiger partial charge in [0.1, 0.15) is 12.1 Å². The molecule has 3 N–H and O–H groups in total. The van der Waals surface area contributed by atoms with Crippen molar-refractivity contribution in [1.29, 1.82) is 0 Å². The average Bonchev–Trinajstić information content (AvgIpc) is 3.26. The Bertz CT molecular complexity index is 970. The van der Waals surface area contributed by atoms with Gasteiger partial charge in [-0.1, -0.05) is 42.5 Å². The van der Waals surface area contributed by atoms with Gasteiger partial charge in [0.2, 0.25) is 0 Å². The first-order valence-electron chi connectivity index (χ1n) is 7.60. The minimum Gasteiger partial charge on any atom is -0.383 e. The fraction of sp³-hybridized carbons (Fsp3) is 0.0556. The molecule has 6 heteroatoms. The summed E-state index contributed by atoms with van der Waals surface area (Å²) in [4.78, 5) is 4.20. The van der Waals surface area contributed by atoms with E-state index in [9.17, 15) is 0 Å². The second kappa shape index (κ2) is 5.66. The van der Waals surface area contributed by atoms with Crippen LogP contribution in [0.15, 0.2) is 61.1 Å². The zero-order valence-electron chi connectivity index (χ0n) is 13.1. The number of nitrogen functional groups attached to an aromatic ring is 1. The summed E-state index contributed by atoms with van der Waals surface area (Å²) in [6, 6.07) is 16.0. The van der Waals surface area contributed by atoms with E-state index < -0.39 is 0 Å². The number of rotatable bonds is 3. The summed E-state index contributed by atoms with van der Waals surface area (Å²) in [5.41, 5.74) is 11.3. The van der Waals surface area contributed by atoms with Gasteiger partial charge in [-0.15, -0.1) is 0 Å². The summed E-state index contributed by atoms with van der Waals surface area (Å²) in [6.07, 6.45) is 3.29. The molecule has 24 heavy (non-hydrogen) atoms. The Morgan fingerprint density at radius 1 is 1.04 bits per heavy atom. The molecule has 2 aromatic heterocycles. The zero-order chi connectivity index (χ0) is 16.5. The van der Waals surface area contributed by atoms with Crippen LogP contribution in [0.2, 0.25) is 0 Å². The molecule has 4 rings (SSSR count). The molecule has 118 valence electrons. The molecule has 0 aliphatic heterocycles. The first-order chi connectivity index (χ1) is 11.7.